The number of nitrogens with zero attached hydrogens (tertiary/aromatic N) is 1. The van der Waals surface area contributed by atoms with Crippen LogP contribution in [0, 0.1) is 0 Å². The molecule has 1 atom stereocenters. The van der Waals surface area contributed by atoms with Crippen LogP contribution in [0.2, 0.25) is 0 Å². The lowest BCUT2D eigenvalue weighted by Gasteiger charge is -2.22. The summed E-state index contributed by atoms with van der Waals surface area (Å²) >= 11 is 0. The molecular formula is C11H21NO3. The first-order chi connectivity index (χ1) is 7.15. The van der Waals surface area contributed by atoms with E-state index in [0.717, 1.165) is 25.9 Å². The Kier molecular flexibility index (Phi) is 5.05. The molecule has 88 valence electrons. The van der Waals surface area contributed by atoms with Crippen LogP contribution in [0.3, 0.4) is 0 Å². The van der Waals surface area contributed by atoms with Gasteiger partial charge in [-0.1, -0.05) is 0 Å². The summed E-state index contributed by atoms with van der Waals surface area (Å²) in [7, 11) is 1.45. The summed E-state index contributed by atoms with van der Waals surface area (Å²) in [6.45, 7) is 6.51. The van der Waals surface area contributed by atoms with Crippen molar-refractivity contribution in [3.05, 3.63) is 0 Å². The number of hydrogen-bond donors (Lipinski definition) is 0. The van der Waals surface area contributed by atoms with Crippen molar-refractivity contribution in [1.82, 2.24) is 4.90 Å². The van der Waals surface area contributed by atoms with Crippen LogP contribution < -0.4 is 0 Å². The normalized spacial score (nSPS) is 22.3. The Labute approximate surface area is 91.5 Å². The van der Waals surface area contributed by atoms with E-state index >= 15 is 0 Å². The van der Waals surface area contributed by atoms with Gasteiger partial charge in [0.2, 0.25) is 0 Å². The molecule has 0 aromatic carbocycles. The van der Waals surface area contributed by atoms with E-state index < -0.39 is 0 Å². The van der Waals surface area contributed by atoms with Gasteiger partial charge in [-0.25, -0.2) is 0 Å². The van der Waals surface area contributed by atoms with Gasteiger partial charge < -0.3 is 9.47 Å². The van der Waals surface area contributed by atoms with Crippen molar-refractivity contribution in [3.63, 3.8) is 0 Å². The molecule has 1 heterocycles. The van der Waals surface area contributed by atoms with Gasteiger partial charge in [-0.2, -0.15) is 0 Å². The Morgan fingerprint density at radius 1 is 1.53 bits per heavy atom. The van der Waals surface area contributed by atoms with E-state index in [2.05, 4.69) is 4.90 Å². The molecule has 0 spiro atoms. The average Bonchev–Trinajstić information content (AvgIpc) is 2.64. The minimum atomic E-state index is -0.114. The average molecular weight is 215 g/mol. The Morgan fingerprint density at radius 2 is 2.27 bits per heavy atom. The maximum absolute atomic E-state index is 11.4. The van der Waals surface area contributed by atoms with Crippen molar-refractivity contribution in [3.8, 4) is 0 Å². The van der Waals surface area contributed by atoms with Gasteiger partial charge in [-0.15, -0.1) is 0 Å². The van der Waals surface area contributed by atoms with Gasteiger partial charge in [0.25, 0.3) is 0 Å². The van der Waals surface area contributed by atoms with Crippen molar-refractivity contribution < 1.29 is 14.3 Å². The molecule has 1 rings (SSSR count). The van der Waals surface area contributed by atoms with Crippen LogP contribution in [0.1, 0.15) is 26.7 Å². The Morgan fingerprint density at radius 3 is 2.87 bits per heavy atom. The smallest absolute Gasteiger partial charge is 0.323 e. The highest BCUT2D eigenvalue weighted by molar-refractivity contribution is 5.75. The first kappa shape index (κ1) is 12.5. The zero-order chi connectivity index (χ0) is 11.3. The molecule has 0 bridgehead atoms. The summed E-state index contributed by atoms with van der Waals surface area (Å²) in [5.41, 5.74) is 0. The maximum Gasteiger partial charge on any atom is 0.323 e. The van der Waals surface area contributed by atoms with E-state index in [-0.39, 0.29) is 18.1 Å². The van der Waals surface area contributed by atoms with Crippen molar-refractivity contribution >= 4 is 5.97 Å². The SMILES string of the molecule is COC(=O)C1CCCN1CCOC(C)C. The summed E-state index contributed by atoms with van der Waals surface area (Å²) in [6.07, 6.45) is 2.24. The van der Waals surface area contributed by atoms with Crippen LogP contribution in [0.25, 0.3) is 0 Å². The molecule has 4 heteroatoms. The lowest BCUT2D eigenvalue weighted by Crippen LogP contribution is -2.39. The lowest BCUT2D eigenvalue weighted by molar-refractivity contribution is -0.146. The van der Waals surface area contributed by atoms with Gasteiger partial charge in [0, 0.05) is 6.54 Å². The van der Waals surface area contributed by atoms with Gasteiger partial charge in [0.15, 0.2) is 0 Å². The lowest BCUT2D eigenvalue weighted by atomic mass is 10.2. The van der Waals surface area contributed by atoms with Crippen LogP contribution in [0.4, 0.5) is 0 Å². The van der Waals surface area contributed by atoms with Crippen LogP contribution in [0.15, 0.2) is 0 Å². The van der Waals surface area contributed by atoms with Gasteiger partial charge in [-0.3, -0.25) is 9.69 Å². The van der Waals surface area contributed by atoms with E-state index in [0.29, 0.717) is 6.61 Å². The Hall–Kier alpha value is -0.610. The number of rotatable bonds is 5. The maximum atomic E-state index is 11.4. The molecule has 1 aliphatic heterocycles. The molecule has 0 aromatic heterocycles. The van der Waals surface area contributed by atoms with Crippen molar-refractivity contribution in [2.75, 3.05) is 26.8 Å². The molecule has 1 fully saturated rings. The summed E-state index contributed by atoms with van der Waals surface area (Å²) in [6, 6.07) is -0.0502. The number of carbonyl (C=O) groups is 1. The third kappa shape index (κ3) is 3.80. The monoisotopic (exact) mass is 215 g/mol. The second-order valence-electron chi connectivity index (χ2n) is 4.14. The number of esters is 1. The molecule has 0 aromatic rings. The van der Waals surface area contributed by atoms with Crippen LogP contribution >= 0.6 is 0 Å². The molecule has 0 aliphatic carbocycles. The third-order valence-electron chi connectivity index (χ3n) is 2.67. The van der Waals surface area contributed by atoms with E-state index in [4.69, 9.17) is 9.47 Å². The largest absolute Gasteiger partial charge is 0.468 e. The molecular weight excluding hydrogens is 194 g/mol. The highest BCUT2D eigenvalue weighted by Crippen LogP contribution is 2.17. The molecule has 0 radical (unpaired) electrons. The van der Waals surface area contributed by atoms with E-state index in [1.165, 1.54) is 7.11 Å². The van der Waals surface area contributed by atoms with E-state index in [1.54, 1.807) is 0 Å². The molecule has 0 saturated carbocycles. The second kappa shape index (κ2) is 6.08. The fourth-order valence-electron chi connectivity index (χ4n) is 1.90. The summed E-state index contributed by atoms with van der Waals surface area (Å²) < 4.78 is 10.2. The van der Waals surface area contributed by atoms with Gasteiger partial charge in [0.05, 0.1) is 19.8 Å². The number of likely N-dealkylation sites (tertiary alicyclic amines) is 1. The van der Waals surface area contributed by atoms with Crippen molar-refractivity contribution in [1.29, 1.82) is 0 Å². The number of hydrogen-bond acceptors (Lipinski definition) is 4. The van der Waals surface area contributed by atoms with E-state index in [1.807, 2.05) is 13.8 Å². The third-order valence-corrected chi connectivity index (χ3v) is 2.67. The van der Waals surface area contributed by atoms with Crippen LogP contribution in [-0.4, -0.2) is 49.8 Å². The van der Waals surface area contributed by atoms with Crippen LogP contribution in [-0.2, 0) is 14.3 Å². The van der Waals surface area contributed by atoms with Crippen molar-refractivity contribution in [2.24, 2.45) is 0 Å². The van der Waals surface area contributed by atoms with Crippen molar-refractivity contribution in [2.45, 2.75) is 38.8 Å². The first-order valence-electron chi connectivity index (χ1n) is 5.58. The first-order valence-corrected chi connectivity index (χ1v) is 5.58. The molecule has 0 N–H and O–H groups in total. The number of methoxy groups -OCH3 is 1. The predicted molar refractivity (Wildman–Crippen MR) is 57.7 cm³/mol. The number of ether oxygens (including phenoxy) is 2. The fraction of sp³-hybridized carbons (Fsp3) is 0.909. The predicted octanol–water partition coefficient (Wildman–Crippen LogP) is 1.05. The molecule has 15 heavy (non-hydrogen) atoms. The highest BCUT2D eigenvalue weighted by atomic mass is 16.5. The topological polar surface area (TPSA) is 38.8 Å². The van der Waals surface area contributed by atoms with Gasteiger partial charge in [-0.05, 0) is 33.2 Å². The fourth-order valence-corrected chi connectivity index (χ4v) is 1.90. The quantitative estimate of drug-likeness (QED) is 0.643. The molecule has 0 amide bonds. The van der Waals surface area contributed by atoms with Gasteiger partial charge >= 0.3 is 5.97 Å². The second-order valence-corrected chi connectivity index (χ2v) is 4.14. The Bertz CT molecular complexity index is 206. The molecule has 1 saturated heterocycles. The zero-order valence-electron chi connectivity index (χ0n) is 9.86. The minimum absolute atomic E-state index is 0.0502. The molecule has 1 unspecified atom stereocenters. The standard InChI is InChI=1S/C11H21NO3/c1-9(2)15-8-7-12-6-4-5-10(12)11(13)14-3/h9-10H,4-8H2,1-3H3. The Balaban J connectivity index is 2.30. The summed E-state index contributed by atoms with van der Waals surface area (Å²) in [4.78, 5) is 13.6. The van der Waals surface area contributed by atoms with E-state index in [9.17, 15) is 4.79 Å². The van der Waals surface area contributed by atoms with Gasteiger partial charge in [0.1, 0.15) is 6.04 Å². The number of carbonyl (C=O) groups excluding carboxylic acids is 1. The van der Waals surface area contributed by atoms with Crippen LogP contribution in [0.5, 0.6) is 0 Å². The zero-order valence-corrected chi connectivity index (χ0v) is 9.86. The molecule has 4 nitrogen and oxygen atoms in total. The minimum Gasteiger partial charge on any atom is -0.468 e. The molecule has 1 aliphatic rings. The highest BCUT2D eigenvalue weighted by Gasteiger charge is 2.30. The summed E-state index contributed by atoms with van der Waals surface area (Å²) in [5.74, 6) is -0.114. The summed E-state index contributed by atoms with van der Waals surface area (Å²) in [5, 5.41) is 0.